The summed E-state index contributed by atoms with van der Waals surface area (Å²) in [6.45, 7) is 6.66. The maximum absolute atomic E-state index is 11.8. The van der Waals surface area contributed by atoms with Crippen LogP contribution in [0.25, 0.3) is 11.1 Å². The molecule has 0 radical (unpaired) electrons. The van der Waals surface area contributed by atoms with Crippen molar-refractivity contribution in [3.63, 3.8) is 0 Å². The van der Waals surface area contributed by atoms with Gasteiger partial charge in [-0.05, 0) is 36.8 Å². The van der Waals surface area contributed by atoms with E-state index in [2.05, 4.69) is 20.5 Å². The van der Waals surface area contributed by atoms with Crippen LogP contribution in [0.15, 0.2) is 28.7 Å². The van der Waals surface area contributed by atoms with Gasteiger partial charge in [-0.2, -0.15) is 4.98 Å². The first-order chi connectivity index (χ1) is 12.5. The van der Waals surface area contributed by atoms with Crippen LogP contribution < -0.4 is 15.5 Å². The molecule has 0 unspecified atom stereocenters. The van der Waals surface area contributed by atoms with Crippen LogP contribution in [0.4, 0.5) is 6.01 Å². The van der Waals surface area contributed by atoms with Crippen molar-refractivity contribution < 1.29 is 14.0 Å². The van der Waals surface area contributed by atoms with Crippen molar-refractivity contribution in [1.82, 2.24) is 15.6 Å². The predicted octanol–water partition coefficient (Wildman–Crippen LogP) is 1.93. The number of carbonyl (C=O) groups excluding carboxylic acids is 2. The van der Waals surface area contributed by atoms with Gasteiger partial charge in [-0.3, -0.25) is 9.59 Å². The molecule has 1 aliphatic rings. The standard InChI is InChI=1S/C19H26N4O3/c1-13(2)11-20-17(24)18(25)21-12-14-7-9-23(10-8-14)19-22-15-5-3-4-6-16(15)26-19/h3-6,13-14H,7-12H2,1-2H3,(H,20,24)(H,21,25). The summed E-state index contributed by atoms with van der Waals surface area (Å²) in [7, 11) is 0. The Morgan fingerprint density at radius 2 is 1.88 bits per heavy atom. The first-order valence-corrected chi connectivity index (χ1v) is 9.19. The highest BCUT2D eigenvalue weighted by Crippen LogP contribution is 2.25. The monoisotopic (exact) mass is 358 g/mol. The lowest BCUT2D eigenvalue weighted by atomic mass is 9.97. The summed E-state index contributed by atoms with van der Waals surface area (Å²) in [6.07, 6.45) is 1.85. The summed E-state index contributed by atoms with van der Waals surface area (Å²) < 4.78 is 5.81. The molecule has 2 N–H and O–H groups in total. The topological polar surface area (TPSA) is 87.5 Å². The highest BCUT2D eigenvalue weighted by molar-refractivity contribution is 6.35. The molecule has 0 spiro atoms. The van der Waals surface area contributed by atoms with Crippen molar-refractivity contribution >= 4 is 28.9 Å². The van der Waals surface area contributed by atoms with Crippen molar-refractivity contribution in [2.24, 2.45) is 11.8 Å². The lowest BCUT2D eigenvalue weighted by molar-refractivity contribution is -0.139. The number of nitrogens with one attached hydrogen (secondary N) is 2. The third-order valence-corrected chi connectivity index (χ3v) is 4.60. The summed E-state index contributed by atoms with van der Waals surface area (Å²) in [5.74, 6) is -0.421. The molecule has 0 atom stereocenters. The summed E-state index contributed by atoms with van der Waals surface area (Å²) in [5.41, 5.74) is 1.66. The van der Waals surface area contributed by atoms with Gasteiger partial charge in [0.2, 0.25) is 0 Å². The molecule has 2 amide bonds. The molecule has 3 rings (SSSR count). The number of hydrogen-bond donors (Lipinski definition) is 2. The van der Waals surface area contributed by atoms with E-state index in [0.717, 1.165) is 37.0 Å². The van der Waals surface area contributed by atoms with Gasteiger partial charge >= 0.3 is 11.8 Å². The molecular formula is C19H26N4O3. The lowest BCUT2D eigenvalue weighted by Gasteiger charge is -2.30. The number of carbonyl (C=O) groups is 2. The molecule has 26 heavy (non-hydrogen) atoms. The highest BCUT2D eigenvalue weighted by Gasteiger charge is 2.24. The van der Waals surface area contributed by atoms with E-state index < -0.39 is 11.8 Å². The fourth-order valence-electron chi connectivity index (χ4n) is 3.02. The number of piperidine rings is 1. The summed E-state index contributed by atoms with van der Waals surface area (Å²) in [6, 6.07) is 8.39. The second-order valence-electron chi connectivity index (χ2n) is 7.21. The Morgan fingerprint density at radius 3 is 2.58 bits per heavy atom. The molecule has 1 aromatic carbocycles. The third kappa shape index (κ3) is 4.53. The molecule has 0 bridgehead atoms. The van der Waals surface area contributed by atoms with Crippen molar-refractivity contribution in [2.75, 3.05) is 31.1 Å². The maximum Gasteiger partial charge on any atom is 0.309 e. The summed E-state index contributed by atoms with van der Waals surface area (Å²) in [5, 5.41) is 5.37. The highest BCUT2D eigenvalue weighted by atomic mass is 16.4. The van der Waals surface area contributed by atoms with Crippen LogP contribution in [0.2, 0.25) is 0 Å². The third-order valence-electron chi connectivity index (χ3n) is 4.60. The zero-order valence-electron chi connectivity index (χ0n) is 15.3. The van der Waals surface area contributed by atoms with Crippen LogP contribution in [0, 0.1) is 11.8 Å². The number of hydrogen-bond acceptors (Lipinski definition) is 5. The summed E-state index contributed by atoms with van der Waals surface area (Å²) >= 11 is 0. The van der Waals surface area contributed by atoms with Gasteiger partial charge in [-0.25, -0.2) is 0 Å². The van der Waals surface area contributed by atoms with Gasteiger partial charge in [0.05, 0.1) is 0 Å². The number of rotatable bonds is 5. The van der Waals surface area contributed by atoms with Crippen LogP contribution in [0.3, 0.4) is 0 Å². The SMILES string of the molecule is CC(C)CNC(=O)C(=O)NCC1CCN(c2nc3ccccc3o2)CC1. The molecule has 7 heteroatoms. The molecule has 140 valence electrons. The van der Waals surface area contributed by atoms with Gasteiger partial charge in [0.1, 0.15) is 5.52 Å². The fraction of sp³-hybridized carbons (Fsp3) is 0.526. The van der Waals surface area contributed by atoms with Gasteiger partial charge in [0.25, 0.3) is 6.01 Å². The fourth-order valence-corrected chi connectivity index (χ4v) is 3.02. The quantitative estimate of drug-likeness (QED) is 0.798. The van der Waals surface area contributed by atoms with Gasteiger partial charge in [0, 0.05) is 26.2 Å². The van der Waals surface area contributed by atoms with Gasteiger partial charge in [-0.15, -0.1) is 0 Å². The minimum absolute atomic E-state index is 0.322. The molecule has 7 nitrogen and oxygen atoms in total. The second kappa shape index (κ2) is 8.21. The molecule has 1 aliphatic heterocycles. The van der Waals surface area contributed by atoms with Crippen LogP contribution in [0.5, 0.6) is 0 Å². The van der Waals surface area contributed by atoms with E-state index in [9.17, 15) is 9.59 Å². The number of benzene rings is 1. The predicted molar refractivity (Wildman–Crippen MR) is 99.8 cm³/mol. The summed E-state index contributed by atoms with van der Waals surface area (Å²) in [4.78, 5) is 30.2. The first kappa shape index (κ1) is 18.2. The normalized spacial score (nSPS) is 15.4. The molecule has 1 fully saturated rings. The minimum atomic E-state index is -0.553. The Kier molecular flexibility index (Phi) is 5.75. The molecular weight excluding hydrogens is 332 g/mol. The average molecular weight is 358 g/mol. The van der Waals surface area contributed by atoms with E-state index in [4.69, 9.17) is 4.42 Å². The molecule has 2 aromatic rings. The van der Waals surface area contributed by atoms with Crippen molar-refractivity contribution in [1.29, 1.82) is 0 Å². The molecule has 1 saturated heterocycles. The number of anilines is 1. The number of fused-ring (bicyclic) bond motifs is 1. The number of oxazole rings is 1. The van der Waals surface area contributed by atoms with E-state index in [1.807, 2.05) is 38.1 Å². The van der Waals surface area contributed by atoms with Crippen LogP contribution in [-0.2, 0) is 9.59 Å². The Bertz CT molecular complexity index is 730. The van der Waals surface area contributed by atoms with Gasteiger partial charge < -0.3 is 20.0 Å². The largest absolute Gasteiger partial charge is 0.423 e. The van der Waals surface area contributed by atoms with E-state index >= 15 is 0 Å². The number of aromatic nitrogens is 1. The van der Waals surface area contributed by atoms with E-state index in [-0.39, 0.29) is 0 Å². The maximum atomic E-state index is 11.8. The van der Waals surface area contributed by atoms with Crippen molar-refractivity contribution in [3.8, 4) is 0 Å². The second-order valence-corrected chi connectivity index (χ2v) is 7.21. The minimum Gasteiger partial charge on any atom is -0.423 e. The van der Waals surface area contributed by atoms with Crippen molar-refractivity contribution in [2.45, 2.75) is 26.7 Å². The number of amides is 2. The first-order valence-electron chi connectivity index (χ1n) is 9.19. The zero-order valence-corrected chi connectivity index (χ0v) is 15.3. The van der Waals surface area contributed by atoms with Crippen LogP contribution in [0.1, 0.15) is 26.7 Å². The molecule has 0 saturated carbocycles. The van der Waals surface area contributed by atoms with E-state index in [1.165, 1.54) is 0 Å². The smallest absolute Gasteiger partial charge is 0.309 e. The Hall–Kier alpha value is -2.57. The Balaban J connectivity index is 1.43. The van der Waals surface area contributed by atoms with Crippen molar-refractivity contribution in [3.05, 3.63) is 24.3 Å². The number of para-hydroxylation sites is 2. The van der Waals surface area contributed by atoms with E-state index in [0.29, 0.717) is 30.9 Å². The zero-order chi connectivity index (χ0) is 18.5. The molecule has 0 aliphatic carbocycles. The molecule has 2 heterocycles. The average Bonchev–Trinajstić information content (AvgIpc) is 3.08. The van der Waals surface area contributed by atoms with Gasteiger partial charge in [0.15, 0.2) is 5.58 Å². The Labute approximate surface area is 153 Å². The lowest BCUT2D eigenvalue weighted by Crippen LogP contribution is -2.44. The van der Waals surface area contributed by atoms with Crippen LogP contribution in [-0.4, -0.2) is 43.0 Å². The van der Waals surface area contributed by atoms with E-state index in [1.54, 1.807) is 0 Å². The van der Waals surface area contributed by atoms with Gasteiger partial charge in [-0.1, -0.05) is 26.0 Å². The number of nitrogens with zero attached hydrogens (tertiary/aromatic N) is 2. The van der Waals surface area contributed by atoms with Crippen LogP contribution >= 0.6 is 0 Å². The Morgan fingerprint density at radius 1 is 1.19 bits per heavy atom. The molecule has 1 aromatic heterocycles.